The first-order valence-corrected chi connectivity index (χ1v) is 4.32. The van der Waals surface area contributed by atoms with Gasteiger partial charge in [-0.25, -0.2) is 0 Å². The molecule has 1 heterocycles. The lowest BCUT2D eigenvalue weighted by molar-refractivity contribution is 0.323. The molecular formula is C9H10ClNO. The Balaban J connectivity index is 2.57. The van der Waals surface area contributed by atoms with Crippen LogP contribution >= 0.6 is 11.6 Å². The number of hydrogen-bond donors (Lipinski definition) is 1. The molecule has 0 spiro atoms. The van der Waals surface area contributed by atoms with Crippen molar-refractivity contribution < 1.29 is 4.74 Å². The van der Waals surface area contributed by atoms with Crippen LogP contribution in [0.3, 0.4) is 0 Å². The second-order valence-electron chi connectivity index (χ2n) is 2.84. The molecule has 0 aliphatic carbocycles. The van der Waals surface area contributed by atoms with E-state index in [9.17, 15) is 0 Å². The van der Waals surface area contributed by atoms with Crippen LogP contribution in [0.2, 0.25) is 5.02 Å². The summed E-state index contributed by atoms with van der Waals surface area (Å²) in [5.74, 6) is 0.794. The number of hydrogen-bond acceptors (Lipinski definition) is 2. The first-order valence-electron chi connectivity index (χ1n) is 3.95. The number of rotatable bonds is 0. The van der Waals surface area contributed by atoms with Gasteiger partial charge in [0.05, 0.1) is 10.7 Å². The zero-order valence-corrected chi connectivity index (χ0v) is 7.61. The van der Waals surface area contributed by atoms with Crippen molar-refractivity contribution in [3.8, 4) is 5.75 Å². The normalized spacial score (nSPS) is 14.5. The van der Waals surface area contributed by atoms with Crippen LogP contribution in [0.5, 0.6) is 5.75 Å². The zero-order valence-electron chi connectivity index (χ0n) is 6.86. The Kier molecular flexibility index (Phi) is 1.85. The first kappa shape index (κ1) is 7.74. The lowest BCUT2D eigenvalue weighted by Crippen LogP contribution is -2.18. The van der Waals surface area contributed by atoms with Gasteiger partial charge in [0.15, 0.2) is 5.75 Å². The van der Waals surface area contributed by atoms with E-state index in [0.717, 1.165) is 18.0 Å². The summed E-state index contributed by atoms with van der Waals surface area (Å²) < 4.78 is 5.44. The second kappa shape index (κ2) is 2.87. The monoisotopic (exact) mass is 183 g/mol. The van der Waals surface area contributed by atoms with Crippen molar-refractivity contribution in [3.05, 3.63) is 22.7 Å². The molecular weight excluding hydrogens is 174 g/mol. The quantitative estimate of drug-likeness (QED) is 0.667. The number of nitrogens with one attached hydrogen (secondary N) is 1. The molecule has 2 rings (SSSR count). The lowest BCUT2D eigenvalue weighted by atomic mass is 10.1. The van der Waals surface area contributed by atoms with Crippen LogP contribution in [0.1, 0.15) is 5.56 Å². The molecule has 0 amide bonds. The molecule has 3 heteroatoms. The van der Waals surface area contributed by atoms with Gasteiger partial charge < -0.3 is 10.1 Å². The topological polar surface area (TPSA) is 21.3 Å². The fourth-order valence-corrected chi connectivity index (χ4v) is 1.56. The molecule has 0 fully saturated rings. The van der Waals surface area contributed by atoms with Crippen LogP contribution in [-0.2, 0) is 0 Å². The van der Waals surface area contributed by atoms with Crippen LogP contribution in [-0.4, -0.2) is 13.2 Å². The maximum Gasteiger partial charge on any atom is 0.161 e. The second-order valence-corrected chi connectivity index (χ2v) is 3.25. The highest BCUT2D eigenvalue weighted by atomic mass is 35.5. The third-order valence-electron chi connectivity index (χ3n) is 1.97. The number of aryl methyl sites for hydroxylation is 1. The maximum atomic E-state index is 5.95. The van der Waals surface area contributed by atoms with E-state index in [0.29, 0.717) is 11.6 Å². The largest absolute Gasteiger partial charge is 0.488 e. The molecule has 0 radical (unpaired) electrons. The molecule has 0 bridgehead atoms. The Hall–Kier alpha value is -0.890. The molecule has 12 heavy (non-hydrogen) atoms. The Labute approximate surface area is 76.5 Å². The molecule has 1 aromatic rings. The average molecular weight is 184 g/mol. The van der Waals surface area contributed by atoms with Crippen LogP contribution in [0.15, 0.2) is 12.1 Å². The highest BCUT2D eigenvalue weighted by Crippen LogP contribution is 2.37. The van der Waals surface area contributed by atoms with Gasteiger partial charge in [-0.2, -0.15) is 0 Å². The first-order chi connectivity index (χ1) is 5.79. The van der Waals surface area contributed by atoms with Gasteiger partial charge in [-0.3, -0.25) is 0 Å². The van der Waals surface area contributed by atoms with Crippen molar-refractivity contribution in [1.82, 2.24) is 0 Å². The highest BCUT2D eigenvalue weighted by molar-refractivity contribution is 6.32. The van der Waals surface area contributed by atoms with Gasteiger partial charge in [0.25, 0.3) is 0 Å². The molecule has 1 N–H and O–H groups in total. The van der Waals surface area contributed by atoms with E-state index in [1.165, 1.54) is 5.56 Å². The third kappa shape index (κ3) is 1.12. The Bertz CT molecular complexity index is 281. The molecule has 0 atom stereocenters. The fourth-order valence-electron chi connectivity index (χ4n) is 1.35. The Morgan fingerprint density at radius 3 is 3.08 bits per heavy atom. The van der Waals surface area contributed by atoms with Gasteiger partial charge in [-0.1, -0.05) is 17.7 Å². The zero-order chi connectivity index (χ0) is 8.55. The summed E-state index contributed by atoms with van der Waals surface area (Å²) in [5, 5.41) is 3.95. The number of anilines is 1. The summed E-state index contributed by atoms with van der Waals surface area (Å²) in [6.07, 6.45) is 0. The van der Waals surface area contributed by atoms with E-state index in [4.69, 9.17) is 16.3 Å². The molecule has 1 aromatic carbocycles. The average Bonchev–Trinajstić information content (AvgIpc) is 2.12. The van der Waals surface area contributed by atoms with Crippen molar-refractivity contribution >= 4 is 17.3 Å². The fraction of sp³-hybridized carbons (Fsp3) is 0.333. The number of benzene rings is 1. The third-order valence-corrected chi connectivity index (χ3v) is 2.27. The Morgan fingerprint density at radius 1 is 1.50 bits per heavy atom. The summed E-state index contributed by atoms with van der Waals surface area (Å²) in [4.78, 5) is 0. The minimum atomic E-state index is 0.683. The van der Waals surface area contributed by atoms with Crippen LogP contribution in [0.4, 0.5) is 5.69 Å². The van der Waals surface area contributed by atoms with Crippen molar-refractivity contribution in [1.29, 1.82) is 0 Å². The van der Waals surface area contributed by atoms with Crippen molar-refractivity contribution in [3.63, 3.8) is 0 Å². The van der Waals surface area contributed by atoms with E-state index in [-0.39, 0.29) is 0 Å². The van der Waals surface area contributed by atoms with E-state index >= 15 is 0 Å². The Morgan fingerprint density at radius 2 is 2.33 bits per heavy atom. The standard InChI is InChI=1S/C9H10ClNO/c1-6-2-3-7(10)9-8(6)11-4-5-12-9/h2-3,11H,4-5H2,1H3. The van der Waals surface area contributed by atoms with Crippen molar-refractivity contribution in [2.75, 3.05) is 18.5 Å². The summed E-state index contributed by atoms with van der Waals surface area (Å²) in [6, 6.07) is 3.85. The van der Waals surface area contributed by atoms with Crippen molar-refractivity contribution in [2.24, 2.45) is 0 Å². The molecule has 1 aliphatic rings. The van der Waals surface area contributed by atoms with Gasteiger partial charge >= 0.3 is 0 Å². The van der Waals surface area contributed by atoms with Crippen LogP contribution in [0, 0.1) is 6.92 Å². The van der Waals surface area contributed by atoms with E-state index in [2.05, 4.69) is 5.32 Å². The van der Waals surface area contributed by atoms with Crippen LogP contribution in [0.25, 0.3) is 0 Å². The van der Waals surface area contributed by atoms with E-state index in [1.807, 2.05) is 19.1 Å². The number of ether oxygens (including phenoxy) is 1. The molecule has 0 unspecified atom stereocenters. The molecule has 0 saturated carbocycles. The van der Waals surface area contributed by atoms with Crippen molar-refractivity contribution in [2.45, 2.75) is 6.92 Å². The summed E-state index contributed by atoms with van der Waals surface area (Å²) in [5.41, 5.74) is 2.21. The molecule has 2 nitrogen and oxygen atoms in total. The SMILES string of the molecule is Cc1ccc(Cl)c2c1NCCO2. The van der Waals surface area contributed by atoms with E-state index in [1.54, 1.807) is 0 Å². The lowest BCUT2D eigenvalue weighted by Gasteiger charge is -2.21. The molecule has 64 valence electrons. The highest BCUT2D eigenvalue weighted by Gasteiger charge is 2.14. The molecule has 0 aromatic heterocycles. The maximum absolute atomic E-state index is 5.95. The number of fused-ring (bicyclic) bond motifs is 1. The minimum Gasteiger partial charge on any atom is -0.488 e. The van der Waals surface area contributed by atoms with Gasteiger partial charge in [-0.05, 0) is 18.6 Å². The summed E-state index contributed by atoms with van der Waals surface area (Å²) in [7, 11) is 0. The molecule has 1 aliphatic heterocycles. The van der Waals surface area contributed by atoms with Gasteiger partial charge in [0, 0.05) is 6.54 Å². The van der Waals surface area contributed by atoms with Crippen LogP contribution < -0.4 is 10.1 Å². The van der Waals surface area contributed by atoms with Gasteiger partial charge in [0.2, 0.25) is 0 Å². The van der Waals surface area contributed by atoms with Gasteiger partial charge in [0.1, 0.15) is 6.61 Å². The smallest absolute Gasteiger partial charge is 0.161 e. The predicted octanol–water partition coefficient (Wildman–Crippen LogP) is 2.45. The summed E-state index contributed by atoms with van der Waals surface area (Å²) >= 11 is 5.95. The minimum absolute atomic E-state index is 0.683. The van der Waals surface area contributed by atoms with Gasteiger partial charge in [-0.15, -0.1) is 0 Å². The number of halogens is 1. The predicted molar refractivity (Wildman–Crippen MR) is 50.2 cm³/mol. The summed E-state index contributed by atoms with van der Waals surface area (Å²) in [6.45, 7) is 3.58. The molecule has 0 saturated heterocycles. The van der Waals surface area contributed by atoms with E-state index < -0.39 is 0 Å².